The molecule has 5 rings (SSSR count). The molecule has 1 aliphatic carbocycles. The van der Waals surface area contributed by atoms with Crippen molar-refractivity contribution >= 4 is 40.0 Å². The van der Waals surface area contributed by atoms with Gasteiger partial charge in [-0.15, -0.1) is 21.5 Å². The molecular formula is C26H34N6O4S2. The Labute approximate surface area is 230 Å². The second-order valence-electron chi connectivity index (χ2n) is 9.63. The first-order chi connectivity index (χ1) is 18.5. The summed E-state index contributed by atoms with van der Waals surface area (Å²) in [6, 6.07) is 1.95. The highest BCUT2D eigenvalue weighted by molar-refractivity contribution is 7.99. The summed E-state index contributed by atoms with van der Waals surface area (Å²) < 4.78 is 15.1. The molecule has 38 heavy (non-hydrogen) atoms. The van der Waals surface area contributed by atoms with Crippen LogP contribution < -0.4 is 5.32 Å². The van der Waals surface area contributed by atoms with Crippen LogP contribution in [0.3, 0.4) is 0 Å². The van der Waals surface area contributed by atoms with Crippen LogP contribution in [0.5, 0.6) is 0 Å². The molecule has 1 saturated heterocycles. The van der Waals surface area contributed by atoms with Crippen LogP contribution in [0.4, 0.5) is 5.00 Å². The van der Waals surface area contributed by atoms with Crippen LogP contribution in [0, 0.1) is 6.92 Å². The molecule has 0 aromatic carbocycles. The maximum atomic E-state index is 13.1. The maximum absolute atomic E-state index is 13.1. The van der Waals surface area contributed by atoms with Gasteiger partial charge < -0.3 is 19.4 Å². The standard InChI is InChI=1S/C26H34N6O4S2/c1-3-35-25(34)23-19-9-5-4-6-10-20(19)38-24(23)27-22(33)16-37-26-29-28-21(15-31-12-11-17(2)30-31)32(26)14-18-8-7-13-36-18/h11-12,18H,3-10,13-16H2,1-2H3,(H,27,33)/t18-/m1/s1. The van der Waals surface area contributed by atoms with E-state index in [2.05, 4.69) is 20.6 Å². The van der Waals surface area contributed by atoms with Crippen molar-refractivity contribution in [3.63, 3.8) is 0 Å². The Bertz CT molecular complexity index is 1280. The zero-order valence-corrected chi connectivity index (χ0v) is 23.5. The van der Waals surface area contributed by atoms with E-state index >= 15 is 0 Å². The van der Waals surface area contributed by atoms with E-state index in [0.717, 1.165) is 68.6 Å². The lowest BCUT2D eigenvalue weighted by Gasteiger charge is -2.14. The average Bonchev–Trinajstić information content (AvgIpc) is 3.67. The fourth-order valence-corrected chi connectivity index (χ4v) is 7.02. The second-order valence-corrected chi connectivity index (χ2v) is 11.7. The van der Waals surface area contributed by atoms with Crippen molar-refractivity contribution in [3.8, 4) is 0 Å². The van der Waals surface area contributed by atoms with Gasteiger partial charge in [0.15, 0.2) is 11.0 Å². The van der Waals surface area contributed by atoms with Crippen LogP contribution in [0.15, 0.2) is 17.4 Å². The van der Waals surface area contributed by atoms with Crippen molar-refractivity contribution < 1.29 is 19.1 Å². The molecule has 0 radical (unpaired) electrons. The normalized spacial score (nSPS) is 17.3. The average molecular weight is 559 g/mol. The number of nitrogens with zero attached hydrogens (tertiary/aromatic N) is 5. The van der Waals surface area contributed by atoms with E-state index in [-0.39, 0.29) is 23.7 Å². The highest BCUT2D eigenvalue weighted by atomic mass is 32.2. The minimum Gasteiger partial charge on any atom is -0.462 e. The predicted molar refractivity (Wildman–Crippen MR) is 146 cm³/mol. The van der Waals surface area contributed by atoms with E-state index < -0.39 is 0 Å². The summed E-state index contributed by atoms with van der Waals surface area (Å²) in [6.07, 6.45) is 9.12. The first kappa shape index (κ1) is 26.9. The summed E-state index contributed by atoms with van der Waals surface area (Å²) >= 11 is 2.85. The number of aromatic nitrogens is 5. The largest absolute Gasteiger partial charge is 0.462 e. The molecule has 204 valence electrons. The second kappa shape index (κ2) is 12.4. The number of amides is 1. The van der Waals surface area contributed by atoms with Gasteiger partial charge in [-0.1, -0.05) is 18.2 Å². The van der Waals surface area contributed by atoms with Crippen molar-refractivity contribution in [1.29, 1.82) is 0 Å². The fourth-order valence-electron chi connectivity index (χ4n) is 4.96. The van der Waals surface area contributed by atoms with E-state index in [1.54, 1.807) is 6.92 Å². The van der Waals surface area contributed by atoms with E-state index in [4.69, 9.17) is 9.47 Å². The van der Waals surface area contributed by atoms with E-state index in [9.17, 15) is 9.59 Å². The van der Waals surface area contributed by atoms with Crippen LogP contribution in [0.2, 0.25) is 0 Å². The summed E-state index contributed by atoms with van der Waals surface area (Å²) in [6.45, 7) is 5.94. The number of ether oxygens (including phenoxy) is 2. The molecule has 0 bridgehead atoms. The molecule has 1 atom stereocenters. The number of anilines is 1. The summed E-state index contributed by atoms with van der Waals surface area (Å²) in [7, 11) is 0. The summed E-state index contributed by atoms with van der Waals surface area (Å²) in [5.74, 6) is 0.380. The molecule has 10 nitrogen and oxygen atoms in total. The van der Waals surface area contributed by atoms with Gasteiger partial charge in [0.1, 0.15) is 11.5 Å². The Balaban J connectivity index is 1.30. The lowest BCUT2D eigenvalue weighted by molar-refractivity contribution is -0.113. The quantitative estimate of drug-likeness (QED) is 0.223. The van der Waals surface area contributed by atoms with Gasteiger partial charge in [0, 0.05) is 17.7 Å². The molecule has 12 heteroatoms. The third kappa shape index (κ3) is 6.29. The first-order valence-corrected chi connectivity index (χ1v) is 15.1. The van der Waals surface area contributed by atoms with Crippen molar-refractivity contribution in [1.82, 2.24) is 24.5 Å². The smallest absolute Gasteiger partial charge is 0.341 e. The molecule has 1 N–H and O–H groups in total. The van der Waals surface area contributed by atoms with Gasteiger partial charge in [-0.05, 0) is 64.0 Å². The maximum Gasteiger partial charge on any atom is 0.341 e. The third-order valence-electron chi connectivity index (χ3n) is 6.77. The summed E-state index contributed by atoms with van der Waals surface area (Å²) in [4.78, 5) is 27.1. The van der Waals surface area contributed by atoms with Gasteiger partial charge in [0.2, 0.25) is 5.91 Å². The molecule has 0 unspecified atom stereocenters. The van der Waals surface area contributed by atoms with Gasteiger partial charge in [-0.25, -0.2) is 4.79 Å². The van der Waals surface area contributed by atoms with Crippen LogP contribution in [0.1, 0.15) is 71.3 Å². The van der Waals surface area contributed by atoms with Gasteiger partial charge in [0.25, 0.3) is 0 Å². The number of aryl methyl sites for hydroxylation is 2. The highest BCUT2D eigenvalue weighted by Gasteiger charge is 2.27. The summed E-state index contributed by atoms with van der Waals surface area (Å²) in [5, 5.41) is 17.6. The molecule has 4 heterocycles. The van der Waals surface area contributed by atoms with Crippen LogP contribution in [-0.4, -0.2) is 61.5 Å². The monoisotopic (exact) mass is 558 g/mol. The van der Waals surface area contributed by atoms with E-state index in [0.29, 0.717) is 35.4 Å². The lowest BCUT2D eigenvalue weighted by Crippen LogP contribution is -2.20. The molecule has 2 aliphatic rings. The van der Waals surface area contributed by atoms with Crippen molar-refractivity contribution in [3.05, 3.63) is 39.8 Å². The van der Waals surface area contributed by atoms with Crippen molar-refractivity contribution in [2.75, 3.05) is 24.3 Å². The first-order valence-electron chi connectivity index (χ1n) is 13.3. The number of rotatable bonds is 10. The number of hydrogen-bond donors (Lipinski definition) is 1. The van der Waals surface area contributed by atoms with Gasteiger partial charge >= 0.3 is 5.97 Å². The minimum absolute atomic E-state index is 0.103. The predicted octanol–water partition coefficient (Wildman–Crippen LogP) is 4.25. The number of nitrogens with one attached hydrogen (secondary N) is 1. The third-order valence-corrected chi connectivity index (χ3v) is 8.94. The molecular weight excluding hydrogens is 524 g/mol. The van der Waals surface area contributed by atoms with E-state index in [1.807, 2.05) is 28.4 Å². The highest BCUT2D eigenvalue weighted by Crippen LogP contribution is 2.38. The number of carbonyl (C=O) groups excluding carboxylic acids is 2. The molecule has 3 aromatic rings. The molecule has 1 amide bonds. The Morgan fingerprint density at radius 2 is 2.11 bits per heavy atom. The minimum atomic E-state index is -0.357. The topological polar surface area (TPSA) is 113 Å². The lowest BCUT2D eigenvalue weighted by atomic mass is 10.1. The van der Waals surface area contributed by atoms with Crippen LogP contribution >= 0.6 is 23.1 Å². The number of fused-ring (bicyclic) bond motifs is 1. The fraction of sp³-hybridized carbons (Fsp3) is 0.577. The molecule has 1 aliphatic heterocycles. The zero-order valence-electron chi connectivity index (χ0n) is 21.9. The summed E-state index contributed by atoms with van der Waals surface area (Å²) in [5.41, 5.74) is 2.52. The number of esters is 1. The van der Waals surface area contributed by atoms with Crippen LogP contribution in [0.25, 0.3) is 0 Å². The number of thiophene rings is 1. The Morgan fingerprint density at radius 3 is 2.87 bits per heavy atom. The zero-order chi connectivity index (χ0) is 26.5. The molecule has 1 fully saturated rings. The Hall–Kier alpha value is -2.70. The SMILES string of the molecule is CCOC(=O)c1c(NC(=O)CSc2nnc(Cn3ccc(C)n3)n2C[C@H]2CCCO2)sc2c1CCCCC2. The molecule has 0 spiro atoms. The molecule has 3 aromatic heterocycles. The molecule has 0 saturated carbocycles. The van der Waals surface area contributed by atoms with Crippen molar-refractivity contribution in [2.24, 2.45) is 0 Å². The Morgan fingerprint density at radius 1 is 1.24 bits per heavy atom. The van der Waals surface area contributed by atoms with Crippen LogP contribution in [-0.2, 0) is 40.2 Å². The van der Waals surface area contributed by atoms with Crippen molar-refractivity contribution in [2.45, 2.75) is 83.1 Å². The number of hydrogen-bond acceptors (Lipinski definition) is 9. The number of thioether (sulfide) groups is 1. The van der Waals surface area contributed by atoms with Gasteiger partial charge in [0.05, 0.1) is 36.3 Å². The van der Waals surface area contributed by atoms with Gasteiger partial charge in [-0.2, -0.15) is 5.10 Å². The number of carbonyl (C=O) groups is 2. The van der Waals surface area contributed by atoms with E-state index in [1.165, 1.54) is 28.0 Å². The van der Waals surface area contributed by atoms with Gasteiger partial charge in [-0.3, -0.25) is 9.48 Å². The Kier molecular flexibility index (Phi) is 8.80.